The molecule has 1 atom stereocenters. The van der Waals surface area contributed by atoms with Gasteiger partial charge in [-0.2, -0.15) is 9.29 Å². The van der Waals surface area contributed by atoms with E-state index in [9.17, 15) is 13.2 Å². The minimum Gasteiger partial charge on any atom is -0.473 e. The smallest absolute Gasteiger partial charge is 0.419 e. The zero-order valence-corrected chi connectivity index (χ0v) is 16.3. The summed E-state index contributed by atoms with van der Waals surface area (Å²) < 4.78 is 39.9. The summed E-state index contributed by atoms with van der Waals surface area (Å²) in [6.45, 7) is 2.41. The van der Waals surface area contributed by atoms with Gasteiger partial charge in [0.2, 0.25) is 15.9 Å². The largest absolute Gasteiger partial charge is 0.473 e. The molecule has 2 aromatic heterocycles. The molecule has 0 amide bonds. The highest BCUT2D eigenvalue weighted by molar-refractivity contribution is 7.89. The third kappa shape index (κ3) is 3.40. The summed E-state index contributed by atoms with van der Waals surface area (Å²) in [5.74, 6) is 0.500. The Hall–Kier alpha value is -2.72. The topological polar surface area (TPSA) is 108 Å². The Bertz CT molecular complexity index is 1180. The van der Waals surface area contributed by atoms with Gasteiger partial charge in [-0.15, -0.1) is 0 Å². The molecule has 3 aromatic rings. The van der Waals surface area contributed by atoms with Crippen molar-refractivity contribution in [1.29, 1.82) is 0 Å². The second-order valence-electron chi connectivity index (χ2n) is 6.74. The van der Waals surface area contributed by atoms with Crippen molar-refractivity contribution in [3.05, 3.63) is 46.8 Å². The van der Waals surface area contributed by atoms with E-state index in [1.165, 1.54) is 27.1 Å². The molecular formula is C18H20N4O5S. The number of ether oxygens (including phenoxy) is 1. The Balaban J connectivity index is 1.58. The van der Waals surface area contributed by atoms with E-state index >= 15 is 0 Å². The zero-order chi connectivity index (χ0) is 19.9. The average Bonchev–Trinajstić information content (AvgIpc) is 2.95. The molecule has 0 bridgehead atoms. The molecule has 10 heteroatoms. The molecular weight excluding hydrogens is 384 g/mol. The minimum atomic E-state index is -3.73. The summed E-state index contributed by atoms with van der Waals surface area (Å²) in [6.07, 6.45) is 2.74. The van der Waals surface area contributed by atoms with Gasteiger partial charge in [-0.05, 0) is 38.0 Å². The quantitative estimate of drug-likeness (QED) is 0.648. The van der Waals surface area contributed by atoms with Crippen molar-refractivity contribution in [3.63, 3.8) is 0 Å². The molecule has 1 aliphatic rings. The van der Waals surface area contributed by atoms with Crippen molar-refractivity contribution in [2.24, 2.45) is 7.05 Å². The van der Waals surface area contributed by atoms with Crippen LogP contribution in [0.5, 0.6) is 5.88 Å². The molecule has 1 aromatic carbocycles. The molecule has 0 aliphatic carbocycles. The molecule has 0 radical (unpaired) electrons. The summed E-state index contributed by atoms with van der Waals surface area (Å²) >= 11 is 0. The molecule has 0 spiro atoms. The first-order valence-corrected chi connectivity index (χ1v) is 10.3. The molecule has 1 saturated heterocycles. The summed E-state index contributed by atoms with van der Waals surface area (Å²) in [6, 6.07) is 6.09. The van der Waals surface area contributed by atoms with Crippen LogP contribution in [0.3, 0.4) is 0 Å². The van der Waals surface area contributed by atoms with E-state index < -0.39 is 15.8 Å². The maximum atomic E-state index is 13.1. The standard InChI is InChI=1S/C18H20N4O5S/c1-12-19-8-7-17(20-12)26-13-4-3-9-22(11-13)28(24,25)14-5-6-16-15(10-14)21(2)18(23)27-16/h5-8,10,13H,3-4,9,11H2,1-2H3. The van der Waals surface area contributed by atoms with Crippen LogP contribution in [0.2, 0.25) is 0 Å². The lowest BCUT2D eigenvalue weighted by Crippen LogP contribution is -2.44. The Kier molecular flexibility index (Phi) is 4.68. The second kappa shape index (κ2) is 7.02. The number of hydrogen-bond acceptors (Lipinski definition) is 7. The molecule has 4 rings (SSSR count). The third-order valence-corrected chi connectivity index (χ3v) is 6.64. The first-order valence-electron chi connectivity index (χ1n) is 8.90. The molecule has 9 nitrogen and oxygen atoms in total. The van der Waals surface area contributed by atoms with E-state index in [1.54, 1.807) is 26.2 Å². The van der Waals surface area contributed by atoms with Crippen LogP contribution < -0.4 is 10.5 Å². The predicted molar refractivity (Wildman–Crippen MR) is 101 cm³/mol. The van der Waals surface area contributed by atoms with Crippen LogP contribution in [0.4, 0.5) is 0 Å². The van der Waals surface area contributed by atoms with E-state index in [4.69, 9.17) is 9.15 Å². The summed E-state index contributed by atoms with van der Waals surface area (Å²) in [4.78, 5) is 20.0. The molecule has 0 saturated carbocycles. The molecule has 1 unspecified atom stereocenters. The SMILES string of the molecule is Cc1nccc(OC2CCCN(S(=O)(=O)c3ccc4oc(=O)n(C)c4c3)C2)n1. The van der Waals surface area contributed by atoms with Gasteiger partial charge in [0.25, 0.3) is 0 Å². The van der Waals surface area contributed by atoms with Crippen molar-refractivity contribution in [3.8, 4) is 5.88 Å². The van der Waals surface area contributed by atoms with Gasteiger partial charge in [-0.3, -0.25) is 4.57 Å². The van der Waals surface area contributed by atoms with Crippen LogP contribution >= 0.6 is 0 Å². The van der Waals surface area contributed by atoms with Gasteiger partial charge in [-0.1, -0.05) is 0 Å². The first-order chi connectivity index (χ1) is 13.3. The third-order valence-electron chi connectivity index (χ3n) is 4.78. The van der Waals surface area contributed by atoms with Crippen molar-refractivity contribution in [2.45, 2.75) is 30.8 Å². The van der Waals surface area contributed by atoms with E-state index in [0.29, 0.717) is 35.8 Å². The lowest BCUT2D eigenvalue weighted by molar-refractivity contribution is 0.124. The summed E-state index contributed by atoms with van der Waals surface area (Å²) in [7, 11) is -2.19. The Labute approximate surface area is 161 Å². The Morgan fingerprint density at radius 1 is 1.29 bits per heavy atom. The van der Waals surface area contributed by atoms with Gasteiger partial charge in [0.15, 0.2) is 5.58 Å². The number of hydrogen-bond donors (Lipinski definition) is 0. The number of rotatable bonds is 4. The second-order valence-corrected chi connectivity index (χ2v) is 8.68. The van der Waals surface area contributed by atoms with Crippen molar-refractivity contribution < 1.29 is 17.6 Å². The molecule has 0 N–H and O–H groups in total. The van der Waals surface area contributed by atoms with Crippen LogP contribution in [-0.2, 0) is 17.1 Å². The van der Waals surface area contributed by atoms with Gasteiger partial charge >= 0.3 is 5.76 Å². The lowest BCUT2D eigenvalue weighted by atomic mass is 10.1. The maximum Gasteiger partial charge on any atom is 0.419 e. The van der Waals surface area contributed by atoms with Crippen LogP contribution in [-0.4, -0.2) is 46.5 Å². The number of oxazole rings is 1. The van der Waals surface area contributed by atoms with Crippen LogP contribution in [0.1, 0.15) is 18.7 Å². The number of benzene rings is 1. The Morgan fingerprint density at radius 2 is 2.11 bits per heavy atom. The Morgan fingerprint density at radius 3 is 2.89 bits per heavy atom. The molecule has 1 aliphatic heterocycles. The number of nitrogens with zero attached hydrogens (tertiary/aromatic N) is 4. The fourth-order valence-corrected chi connectivity index (χ4v) is 4.84. The number of aromatic nitrogens is 3. The molecule has 3 heterocycles. The van der Waals surface area contributed by atoms with E-state index in [-0.39, 0.29) is 17.5 Å². The molecule has 1 fully saturated rings. The monoisotopic (exact) mass is 404 g/mol. The normalized spacial score (nSPS) is 18.4. The number of aryl methyl sites for hydroxylation is 2. The molecule has 28 heavy (non-hydrogen) atoms. The average molecular weight is 404 g/mol. The molecule has 148 valence electrons. The lowest BCUT2D eigenvalue weighted by Gasteiger charge is -2.31. The number of sulfonamides is 1. The van der Waals surface area contributed by atoms with E-state index in [1.807, 2.05) is 0 Å². The van der Waals surface area contributed by atoms with Crippen molar-refractivity contribution in [2.75, 3.05) is 13.1 Å². The van der Waals surface area contributed by atoms with Crippen LogP contribution in [0, 0.1) is 6.92 Å². The van der Waals surface area contributed by atoms with Gasteiger partial charge < -0.3 is 9.15 Å². The minimum absolute atomic E-state index is 0.120. The number of fused-ring (bicyclic) bond motifs is 1. The highest BCUT2D eigenvalue weighted by Gasteiger charge is 2.32. The zero-order valence-electron chi connectivity index (χ0n) is 15.5. The fraction of sp³-hybridized carbons (Fsp3) is 0.389. The van der Waals surface area contributed by atoms with E-state index in [2.05, 4.69) is 9.97 Å². The van der Waals surface area contributed by atoms with Gasteiger partial charge in [0, 0.05) is 25.9 Å². The highest BCUT2D eigenvalue weighted by Crippen LogP contribution is 2.25. The van der Waals surface area contributed by atoms with Crippen molar-refractivity contribution in [1.82, 2.24) is 18.8 Å². The van der Waals surface area contributed by atoms with Gasteiger partial charge in [-0.25, -0.2) is 18.2 Å². The summed E-state index contributed by atoms with van der Waals surface area (Å²) in [5, 5.41) is 0. The van der Waals surface area contributed by atoms with Crippen molar-refractivity contribution >= 4 is 21.1 Å². The first kappa shape index (κ1) is 18.6. The van der Waals surface area contributed by atoms with Crippen LogP contribution in [0.15, 0.2) is 44.6 Å². The van der Waals surface area contributed by atoms with Gasteiger partial charge in [0.05, 0.1) is 17.0 Å². The maximum absolute atomic E-state index is 13.1. The number of piperidine rings is 1. The fourth-order valence-electron chi connectivity index (χ4n) is 3.31. The van der Waals surface area contributed by atoms with E-state index in [0.717, 1.165) is 6.42 Å². The summed E-state index contributed by atoms with van der Waals surface area (Å²) in [5.41, 5.74) is 0.790. The predicted octanol–water partition coefficient (Wildman–Crippen LogP) is 1.46. The van der Waals surface area contributed by atoms with Crippen LogP contribution in [0.25, 0.3) is 11.1 Å². The highest BCUT2D eigenvalue weighted by atomic mass is 32.2. The van der Waals surface area contributed by atoms with Gasteiger partial charge in [0.1, 0.15) is 11.9 Å².